The molecule has 1 spiro atoms. The quantitative estimate of drug-likeness (QED) is 0.477. The van der Waals surface area contributed by atoms with Gasteiger partial charge in [-0.1, -0.05) is 12.2 Å². The molecule has 0 aromatic carbocycles. The molecule has 5 heteroatoms. The molecular formula is C17H16N2O3. The monoisotopic (exact) mass is 296 g/mol. The smallest absolute Gasteiger partial charge is 0.254 e. The van der Waals surface area contributed by atoms with Gasteiger partial charge in [-0.3, -0.25) is 9.59 Å². The van der Waals surface area contributed by atoms with E-state index in [1.165, 1.54) is 6.21 Å². The van der Waals surface area contributed by atoms with Crippen LogP contribution in [0.3, 0.4) is 0 Å². The van der Waals surface area contributed by atoms with Gasteiger partial charge >= 0.3 is 0 Å². The van der Waals surface area contributed by atoms with Gasteiger partial charge in [0.15, 0.2) is 0 Å². The van der Waals surface area contributed by atoms with Crippen molar-refractivity contribution >= 4 is 18.0 Å². The third kappa shape index (κ3) is 1.32. The maximum Gasteiger partial charge on any atom is 0.254 e. The molecule has 4 aliphatic rings. The van der Waals surface area contributed by atoms with Crippen LogP contribution in [0.5, 0.6) is 0 Å². The number of rotatable bonds is 2. The van der Waals surface area contributed by atoms with Crippen molar-refractivity contribution in [2.24, 2.45) is 34.2 Å². The molecule has 112 valence electrons. The van der Waals surface area contributed by atoms with Gasteiger partial charge in [-0.2, -0.15) is 10.1 Å². The Kier molecular flexibility index (Phi) is 2.12. The first-order valence-corrected chi connectivity index (χ1v) is 7.78. The van der Waals surface area contributed by atoms with E-state index in [4.69, 9.17) is 4.42 Å². The standard InChI is InChI=1S/C17H16N2O3/c1-9-2-3-10(22-9)8-18-19-15(20)13-11-4-5-12(14(13)16(19)21)17(11)6-7-17/h2-5,8,11-14H,6-7H2,1H3/b18-8-/t11-,12+,13-,14+. The highest BCUT2D eigenvalue weighted by molar-refractivity contribution is 6.07. The Balaban J connectivity index is 1.45. The van der Waals surface area contributed by atoms with Crippen molar-refractivity contribution in [1.29, 1.82) is 0 Å². The molecule has 0 radical (unpaired) electrons. The molecule has 0 unspecified atom stereocenters. The Hall–Kier alpha value is -2.17. The van der Waals surface area contributed by atoms with Crippen LogP contribution in [0.25, 0.3) is 0 Å². The number of carbonyl (C=O) groups is 2. The van der Waals surface area contributed by atoms with Crippen LogP contribution in [0.2, 0.25) is 0 Å². The average molecular weight is 296 g/mol. The number of aryl methyl sites for hydroxylation is 1. The summed E-state index contributed by atoms with van der Waals surface area (Å²) in [5.41, 5.74) is 0.231. The van der Waals surface area contributed by atoms with E-state index in [1.54, 1.807) is 6.07 Å². The average Bonchev–Trinajstić information content (AvgIpc) is 2.87. The molecule has 2 bridgehead atoms. The van der Waals surface area contributed by atoms with Gasteiger partial charge in [-0.05, 0) is 49.1 Å². The Labute approximate surface area is 127 Å². The molecular weight excluding hydrogens is 280 g/mol. The highest BCUT2D eigenvalue weighted by Crippen LogP contribution is 2.73. The number of allylic oxidation sites excluding steroid dienone is 2. The second-order valence-electron chi connectivity index (χ2n) is 6.90. The zero-order chi connectivity index (χ0) is 15.1. The van der Waals surface area contributed by atoms with E-state index in [1.807, 2.05) is 13.0 Å². The molecule has 5 nitrogen and oxygen atoms in total. The molecule has 4 atom stereocenters. The Morgan fingerprint density at radius 3 is 2.32 bits per heavy atom. The lowest BCUT2D eigenvalue weighted by molar-refractivity contribution is -0.141. The van der Waals surface area contributed by atoms with Crippen LogP contribution in [0.4, 0.5) is 0 Å². The van der Waals surface area contributed by atoms with Crippen LogP contribution in [0.1, 0.15) is 24.4 Å². The van der Waals surface area contributed by atoms with Crippen molar-refractivity contribution in [3.8, 4) is 0 Å². The Morgan fingerprint density at radius 2 is 1.82 bits per heavy atom. The molecule has 3 aliphatic carbocycles. The number of imide groups is 1. The van der Waals surface area contributed by atoms with Gasteiger partial charge in [-0.15, -0.1) is 0 Å². The van der Waals surface area contributed by atoms with Crippen LogP contribution < -0.4 is 0 Å². The zero-order valence-electron chi connectivity index (χ0n) is 12.2. The molecule has 3 fully saturated rings. The maximum atomic E-state index is 12.7. The normalized spacial score (nSPS) is 37.0. The first-order valence-electron chi connectivity index (χ1n) is 7.78. The summed E-state index contributed by atoms with van der Waals surface area (Å²) in [4.78, 5) is 25.3. The van der Waals surface area contributed by atoms with E-state index >= 15 is 0 Å². The van der Waals surface area contributed by atoms with Gasteiger partial charge in [0.25, 0.3) is 11.8 Å². The van der Waals surface area contributed by atoms with E-state index in [9.17, 15) is 9.59 Å². The summed E-state index contributed by atoms with van der Waals surface area (Å²) in [5.74, 6) is 1.14. The largest absolute Gasteiger partial charge is 0.460 e. The number of hydrazone groups is 1. The second-order valence-corrected chi connectivity index (χ2v) is 6.90. The molecule has 1 aliphatic heterocycles. The van der Waals surface area contributed by atoms with Crippen molar-refractivity contribution in [2.45, 2.75) is 19.8 Å². The van der Waals surface area contributed by atoms with E-state index in [0.29, 0.717) is 5.76 Å². The molecule has 2 amide bonds. The summed E-state index contributed by atoms with van der Waals surface area (Å²) >= 11 is 0. The fraction of sp³-hybridized carbons (Fsp3) is 0.471. The Morgan fingerprint density at radius 1 is 1.18 bits per heavy atom. The number of hydrogen-bond acceptors (Lipinski definition) is 4. The van der Waals surface area contributed by atoms with Crippen molar-refractivity contribution in [2.75, 3.05) is 0 Å². The van der Waals surface area contributed by atoms with Crippen molar-refractivity contribution in [3.63, 3.8) is 0 Å². The van der Waals surface area contributed by atoms with Crippen LogP contribution in [0, 0.1) is 36.0 Å². The molecule has 2 saturated carbocycles. The molecule has 1 saturated heterocycles. The van der Waals surface area contributed by atoms with Crippen LogP contribution in [0.15, 0.2) is 33.8 Å². The summed E-state index contributed by atoms with van der Waals surface area (Å²) in [6, 6.07) is 3.60. The zero-order valence-corrected chi connectivity index (χ0v) is 12.2. The number of hydrogen-bond donors (Lipinski definition) is 0. The Bertz CT molecular complexity index is 722. The number of fused-ring (bicyclic) bond motifs is 3. The summed E-state index contributed by atoms with van der Waals surface area (Å²) in [5, 5.41) is 5.17. The fourth-order valence-corrected chi connectivity index (χ4v) is 4.81. The summed E-state index contributed by atoms with van der Waals surface area (Å²) in [6.45, 7) is 1.84. The molecule has 0 N–H and O–H groups in total. The maximum absolute atomic E-state index is 12.7. The molecule has 1 aromatic rings. The molecule has 5 rings (SSSR count). The number of carbonyl (C=O) groups excluding carboxylic acids is 2. The third-order valence-electron chi connectivity index (χ3n) is 5.89. The predicted molar refractivity (Wildman–Crippen MR) is 77.7 cm³/mol. The lowest BCUT2D eigenvalue weighted by Gasteiger charge is -2.18. The van der Waals surface area contributed by atoms with Gasteiger partial charge in [0.05, 0.1) is 18.1 Å². The summed E-state index contributed by atoms with van der Waals surface area (Å²) in [7, 11) is 0. The van der Waals surface area contributed by atoms with Gasteiger partial charge in [0.1, 0.15) is 11.5 Å². The lowest BCUT2D eigenvalue weighted by atomic mass is 9.85. The second kappa shape index (κ2) is 3.77. The van der Waals surface area contributed by atoms with E-state index < -0.39 is 0 Å². The minimum atomic E-state index is -0.194. The van der Waals surface area contributed by atoms with Gasteiger partial charge < -0.3 is 4.42 Å². The topological polar surface area (TPSA) is 62.9 Å². The fourth-order valence-electron chi connectivity index (χ4n) is 4.81. The van der Waals surface area contributed by atoms with Gasteiger partial charge in [0.2, 0.25) is 0 Å². The summed E-state index contributed by atoms with van der Waals surface area (Å²) < 4.78 is 5.39. The van der Waals surface area contributed by atoms with Gasteiger partial charge in [-0.25, -0.2) is 0 Å². The number of nitrogens with zero attached hydrogens (tertiary/aromatic N) is 2. The van der Waals surface area contributed by atoms with Crippen molar-refractivity contribution in [3.05, 3.63) is 35.8 Å². The SMILES string of the molecule is Cc1ccc(/C=N\N2C(=O)[C@@H]3[C@H](C2=O)[C@H]2C=C[C@@H]3C23CC3)o1. The molecule has 1 aromatic heterocycles. The lowest BCUT2D eigenvalue weighted by Crippen LogP contribution is -2.30. The van der Waals surface area contributed by atoms with Crippen LogP contribution in [-0.2, 0) is 9.59 Å². The predicted octanol–water partition coefficient (Wildman–Crippen LogP) is 2.12. The van der Waals surface area contributed by atoms with E-state index in [-0.39, 0.29) is 40.9 Å². The summed E-state index contributed by atoms with van der Waals surface area (Å²) in [6.07, 6.45) is 8.07. The van der Waals surface area contributed by atoms with Crippen LogP contribution >= 0.6 is 0 Å². The molecule has 2 heterocycles. The van der Waals surface area contributed by atoms with E-state index in [2.05, 4.69) is 17.3 Å². The third-order valence-corrected chi connectivity index (χ3v) is 5.89. The minimum Gasteiger partial charge on any atom is -0.460 e. The molecule has 22 heavy (non-hydrogen) atoms. The van der Waals surface area contributed by atoms with Gasteiger partial charge in [0, 0.05) is 0 Å². The van der Waals surface area contributed by atoms with E-state index in [0.717, 1.165) is 23.6 Å². The first kappa shape index (κ1) is 12.4. The van der Waals surface area contributed by atoms with Crippen molar-refractivity contribution in [1.82, 2.24) is 5.01 Å². The first-order chi connectivity index (χ1) is 10.6. The van der Waals surface area contributed by atoms with Crippen LogP contribution in [-0.4, -0.2) is 23.0 Å². The number of furan rings is 1. The highest BCUT2D eigenvalue weighted by atomic mass is 16.3. The minimum absolute atomic E-state index is 0.141. The number of amides is 2. The highest BCUT2D eigenvalue weighted by Gasteiger charge is 2.73. The van der Waals surface area contributed by atoms with Crippen molar-refractivity contribution < 1.29 is 14.0 Å².